The van der Waals surface area contributed by atoms with Crippen molar-refractivity contribution in [1.82, 2.24) is 9.97 Å². The summed E-state index contributed by atoms with van der Waals surface area (Å²) < 4.78 is 5.55. The van der Waals surface area contributed by atoms with Crippen LogP contribution in [0.2, 0.25) is 0 Å². The van der Waals surface area contributed by atoms with Crippen molar-refractivity contribution < 1.29 is 4.74 Å². The molecule has 0 bridgehead atoms. The first kappa shape index (κ1) is 15.4. The van der Waals surface area contributed by atoms with Gasteiger partial charge in [-0.15, -0.1) is 0 Å². The van der Waals surface area contributed by atoms with Crippen LogP contribution < -0.4 is 5.56 Å². The lowest BCUT2D eigenvalue weighted by atomic mass is 9.88. The van der Waals surface area contributed by atoms with Crippen LogP contribution >= 0.6 is 0 Å². The highest BCUT2D eigenvalue weighted by atomic mass is 16.5. The van der Waals surface area contributed by atoms with Crippen molar-refractivity contribution in [3.63, 3.8) is 0 Å². The predicted molar refractivity (Wildman–Crippen MR) is 84.2 cm³/mol. The zero-order valence-corrected chi connectivity index (χ0v) is 13.2. The lowest BCUT2D eigenvalue weighted by Gasteiger charge is -2.28. The van der Waals surface area contributed by atoms with Crippen molar-refractivity contribution in [2.45, 2.75) is 33.8 Å². The average Bonchev–Trinajstić information content (AvgIpc) is 2.42. The number of ether oxygens (including phenoxy) is 1. The SMILES string of the molecule is COC(c1nc(-c2ccccc2)c(C)c(=O)[nH]1)C(C)(C)C. The molecule has 0 fully saturated rings. The van der Waals surface area contributed by atoms with E-state index in [9.17, 15) is 4.79 Å². The molecule has 2 aromatic rings. The molecule has 4 nitrogen and oxygen atoms in total. The second kappa shape index (κ2) is 5.82. The summed E-state index contributed by atoms with van der Waals surface area (Å²) >= 11 is 0. The van der Waals surface area contributed by atoms with Crippen LogP contribution in [0.3, 0.4) is 0 Å². The molecule has 1 N–H and O–H groups in total. The Balaban J connectivity index is 2.62. The number of aromatic nitrogens is 2. The third-order valence-electron chi connectivity index (χ3n) is 3.49. The number of nitrogens with one attached hydrogen (secondary N) is 1. The molecule has 4 heteroatoms. The van der Waals surface area contributed by atoms with Crippen LogP contribution in [0.15, 0.2) is 35.1 Å². The van der Waals surface area contributed by atoms with E-state index in [1.54, 1.807) is 14.0 Å². The van der Waals surface area contributed by atoms with Crippen LogP contribution in [0.4, 0.5) is 0 Å². The topological polar surface area (TPSA) is 55.0 Å². The molecule has 0 saturated heterocycles. The normalized spacial score (nSPS) is 13.2. The summed E-state index contributed by atoms with van der Waals surface area (Å²) in [6.45, 7) is 7.96. The molecule has 1 atom stereocenters. The summed E-state index contributed by atoms with van der Waals surface area (Å²) in [6, 6.07) is 9.73. The van der Waals surface area contributed by atoms with Crippen LogP contribution in [0.25, 0.3) is 11.3 Å². The summed E-state index contributed by atoms with van der Waals surface area (Å²) in [6.07, 6.45) is -0.270. The number of nitrogens with zero attached hydrogens (tertiary/aromatic N) is 1. The Hall–Kier alpha value is -1.94. The molecular formula is C17H22N2O2. The zero-order valence-electron chi connectivity index (χ0n) is 13.2. The minimum absolute atomic E-state index is 0.120. The minimum atomic E-state index is -0.270. The van der Waals surface area contributed by atoms with E-state index in [1.165, 1.54) is 0 Å². The Morgan fingerprint density at radius 2 is 1.81 bits per heavy atom. The Labute approximate surface area is 125 Å². The van der Waals surface area contributed by atoms with Gasteiger partial charge in [-0.3, -0.25) is 4.79 Å². The molecular weight excluding hydrogens is 264 g/mol. The van der Waals surface area contributed by atoms with E-state index in [-0.39, 0.29) is 17.1 Å². The molecule has 0 radical (unpaired) electrons. The zero-order chi connectivity index (χ0) is 15.6. The van der Waals surface area contributed by atoms with Crippen molar-refractivity contribution in [3.8, 4) is 11.3 Å². The van der Waals surface area contributed by atoms with E-state index in [2.05, 4.69) is 30.7 Å². The molecule has 1 heterocycles. The number of hydrogen-bond acceptors (Lipinski definition) is 3. The number of rotatable bonds is 3. The molecule has 1 unspecified atom stereocenters. The van der Waals surface area contributed by atoms with Crippen LogP contribution in [-0.4, -0.2) is 17.1 Å². The number of aromatic amines is 1. The van der Waals surface area contributed by atoms with Gasteiger partial charge >= 0.3 is 0 Å². The van der Waals surface area contributed by atoms with Crippen LogP contribution in [0.5, 0.6) is 0 Å². The van der Waals surface area contributed by atoms with Gasteiger partial charge in [0.1, 0.15) is 11.9 Å². The van der Waals surface area contributed by atoms with Gasteiger partial charge < -0.3 is 9.72 Å². The van der Waals surface area contributed by atoms with Gasteiger partial charge in [-0.25, -0.2) is 4.98 Å². The summed E-state index contributed by atoms with van der Waals surface area (Å²) in [4.78, 5) is 19.7. The highest BCUT2D eigenvalue weighted by Crippen LogP contribution is 2.34. The van der Waals surface area contributed by atoms with Crippen molar-refractivity contribution in [3.05, 3.63) is 52.1 Å². The molecule has 0 spiro atoms. The van der Waals surface area contributed by atoms with Gasteiger partial charge in [-0.05, 0) is 12.3 Å². The van der Waals surface area contributed by atoms with E-state index in [0.717, 1.165) is 5.56 Å². The lowest BCUT2D eigenvalue weighted by molar-refractivity contribution is 0.00855. The maximum Gasteiger partial charge on any atom is 0.254 e. The smallest absolute Gasteiger partial charge is 0.254 e. The lowest BCUT2D eigenvalue weighted by Crippen LogP contribution is -2.26. The Bertz CT molecular complexity index is 669. The monoisotopic (exact) mass is 286 g/mol. The second-order valence-corrected chi connectivity index (χ2v) is 6.27. The number of methoxy groups -OCH3 is 1. The van der Waals surface area contributed by atoms with Gasteiger partial charge in [0.2, 0.25) is 0 Å². The molecule has 0 aliphatic rings. The van der Waals surface area contributed by atoms with Crippen molar-refractivity contribution in [2.75, 3.05) is 7.11 Å². The van der Waals surface area contributed by atoms with Crippen molar-refractivity contribution >= 4 is 0 Å². The third-order valence-corrected chi connectivity index (χ3v) is 3.49. The van der Waals surface area contributed by atoms with Gasteiger partial charge in [0.15, 0.2) is 0 Å². The molecule has 1 aromatic heterocycles. The van der Waals surface area contributed by atoms with Crippen molar-refractivity contribution in [2.24, 2.45) is 5.41 Å². The number of hydrogen-bond donors (Lipinski definition) is 1. The Kier molecular flexibility index (Phi) is 4.28. The molecule has 112 valence electrons. The first-order chi connectivity index (χ1) is 9.84. The van der Waals surface area contributed by atoms with E-state index in [0.29, 0.717) is 17.1 Å². The maximum absolute atomic E-state index is 12.2. The van der Waals surface area contributed by atoms with Gasteiger partial charge in [0.25, 0.3) is 5.56 Å². The van der Waals surface area contributed by atoms with E-state index >= 15 is 0 Å². The molecule has 2 rings (SSSR count). The van der Waals surface area contributed by atoms with Gasteiger partial charge in [-0.2, -0.15) is 0 Å². The van der Waals surface area contributed by atoms with E-state index in [1.807, 2.05) is 30.3 Å². The fourth-order valence-corrected chi connectivity index (χ4v) is 2.43. The number of benzene rings is 1. The molecule has 0 aliphatic heterocycles. The summed E-state index contributed by atoms with van der Waals surface area (Å²) in [5, 5.41) is 0. The molecule has 0 amide bonds. The first-order valence-corrected chi connectivity index (χ1v) is 7.03. The standard InChI is InChI=1S/C17H22N2O2/c1-11-13(12-9-7-6-8-10-12)18-15(19-16(11)20)14(21-5)17(2,3)4/h6-10,14H,1-5H3,(H,18,19,20). The summed E-state index contributed by atoms with van der Waals surface area (Å²) in [5.41, 5.74) is 1.99. The maximum atomic E-state index is 12.2. The average molecular weight is 286 g/mol. The second-order valence-electron chi connectivity index (χ2n) is 6.27. The Morgan fingerprint density at radius 1 is 1.19 bits per heavy atom. The molecule has 21 heavy (non-hydrogen) atoms. The third kappa shape index (κ3) is 3.22. The predicted octanol–water partition coefficient (Wildman–Crippen LogP) is 3.48. The van der Waals surface area contributed by atoms with Gasteiger partial charge in [0, 0.05) is 18.2 Å². The van der Waals surface area contributed by atoms with E-state index < -0.39 is 0 Å². The highest BCUT2D eigenvalue weighted by Gasteiger charge is 2.29. The van der Waals surface area contributed by atoms with Crippen LogP contribution in [0.1, 0.15) is 38.3 Å². The quantitative estimate of drug-likeness (QED) is 0.939. The van der Waals surface area contributed by atoms with E-state index in [4.69, 9.17) is 4.74 Å². The van der Waals surface area contributed by atoms with Gasteiger partial charge in [-0.1, -0.05) is 51.1 Å². The Morgan fingerprint density at radius 3 is 2.33 bits per heavy atom. The van der Waals surface area contributed by atoms with Crippen LogP contribution in [-0.2, 0) is 4.74 Å². The highest BCUT2D eigenvalue weighted by molar-refractivity contribution is 5.62. The first-order valence-electron chi connectivity index (χ1n) is 7.03. The minimum Gasteiger partial charge on any atom is -0.373 e. The largest absolute Gasteiger partial charge is 0.373 e. The van der Waals surface area contributed by atoms with Gasteiger partial charge in [0.05, 0.1) is 5.69 Å². The summed E-state index contributed by atoms with van der Waals surface area (Å²) in [7, 11) is 1.64. The molecule has 1 aromatic carbocycles. The van der Waals surface area contributed by atoms with Crippen LogP contribution in [0, 0.1) is 12.3 Å². The fraction of sp³-hybridized carbons (Fsp3) is 0.412. The van der Waals surface area contributed by atoms with Crippen molar-refractivity contribution in [1.29, 1.82) is 0 Å². The number of H-pyrrole nitrogens is 1. The molecule has 0 saturated carbocycles. The molecule has 0 aliphatic carbocycles. The fourth-order valence-electron chi connectivity index (χ4n) is 2.43. The summed E-state index contributed by atoms with van der Waals surface area (Å²) in [5.74, 6) is 0.569.